The number of halogens is 3. The van der Waals surface area contributed by atoms with Gasteiger partial charge in [0.25, 0.3) is 5.91 Å². The van der Waals surface area contributed by atoms with E-state index in [9.17, 15) is 18.0 Å². The Bertz CT molecular complexity index is 821. The van der Waals surface area contributed by atoms with Crippen LogP contribution in [-0.4, -0.2) is 20.0 Å². The average Bonchev–Trinajstić information content (AvgIpc) is 2.82. The predicted molar refractivity (Wildman–Crippen MR) is 88.7 cm³/mol. The summed E-state index contributed by atoms with van der Waals surface area (Å²) in [5, 5.41) is 2.49. The van der Waals surface area contributed by atoms with Gasteiger partial charge in [-0.15, -0.1) is 0 Å². The summed E-state index contributed by atoms with van der Waals surface area (Å²) in [6, 6.07) is 10.8. The highest BCUT2D eigenvalue weighted by Crippen LogP contribution is 2.38. The fourth-order valence-electron chi connectivity index (χ4n) is 2.55. The Morgan fingerprint density at radius 3 is 2.29 bits per heavy atom. The number of nitrogens with zero attached hydrogens (tertiary/aromatic N) is 1. The van der Waals surface area contributed by atoms with Crippen LogP contribution in [0.3, 0.4) is 0 Å². The fraction of sp³-hybridized carbons (Fsp3) is 0.167. The summed E-state index contributed by atoms with van der Waals surface area (Å²) >= 11 is 0. The summed E-state index contributed by atoms with van der Waals surface area (Å²) in [6.07, 6.45) is -2.76. The molecule has 3 rings (SSSR count). The Morgan fingerprint density at radius 2 is 1.71 bits per heavy atom. The highest BCUT2D eigenvalue weighted by Gasteiger charge is 2.33. The molecule has 0 unspecified atom stereocenters. The molecule has 0 saturated heterocycles. The van der Waals surface area contributed by atoms with Gasteiger partial charge >= 0.3 is 6.18 Å². The van der Waals surface area contributed by atoms with Gasteiger partial charge in [0.2, 0.25) is 0 Å². The van der Waals surface area contributed by atoms with Crippen LogP contribution in [0.25, 0.3) is 11.6 Å². The second-order valence-corrected chi connectivity index (χ2v) is 5.76. The zero-order chi connectivity index (χ0) is 17.5. The lowest BCUT2D eigenvalue weighted by molar-refractivity contribution is -0.137. The monoisotopic (exact) mass is 332 g/mol. The van der Waals surface area contributed by atoms with Crippen LogP contribution in [0.15, 0.2) is 42.5 Å². The van der Waals surface area contributed by atoms with Gasteiger partial charge < -0.3 is 10.2 Å². The van der Waals surface area contributed by atoms with Crippen molar-refractivity contribution in [3.05, 3.63) is 59.2 Å². The Morgan fingerprint density at radius 1 is 1.04 bits per heavy atom. The summed E-state index contributed by atoms with van der Waals surface area (Å²) < 4.78 is 38.3. The molecule has 6 heteroatoms. The molecule has 0 fully saturated rings. The first-order valence-electron chi connectivity index (χ1n) is 7.28. The van der Waals surface area contributed by atoms with Gasteiger partial charge in [-0.05, 0) is 35.9 Å². The lowest BCUT2D eigenvalue weighted by Crippen LogP contribution is -2.08. The molecule has 1 aliphatic rings. The normalized spacial score (nSPS) is 15.4. The second kappa shape index (κ2) is 5.70. The minimum atomic E-state index is -4.44. The molecule has 3 nitrogen and oxygen atoms in total. The molecule has 1 amide bonds. The average molecular weight is 332 g/mol. The number of alkyl halides is 3. The van der Waals surface area contributed by atoms with Crippen LogP contribution >= 0.6 is 0 Å². The third kappa shape index (κ3) is 2.99. The molecule has 1 N–H and O–H groups in total. The van der Waals surface area contributed by atoms with Crippen LogP contribution in [0.5, 0.6) is 0 Å². The van der Waals surface area contributed by atoms with Gasteiger partial charge in [0.1, 0.15) is 0 Å². The SMILES string of the molecule is CN(C)c1ccc(/C=C2/C(=O)Nc3cc(C(F)(F)F)ccc32)cc1. The summed E-state index contributed by atoms with van der Waals surface area (Å²) in [5.41, 5.74) is 2.06. The Kier molecular flexibility index (Phi) is 3.83. The highest BCUT2D eigenvalue weighted by atomic mass is 19.4. The fourth-order valence-corrected chi connectivity index (χ4v) is 2.55. The number of anilines is 2. The van der Waals surface area contributed by atoms with Crippen molar-refractivity contribution in [2.24, 2.45) is 0 Å². The van der Waals surface area contributed by atoms with E-state index in [0.717, 1.165) is 23.4 Å². The minimum Gasteiger partial charge on any atom is -0.378 e. The first kappa shape index (κ1) is 16.1. The molecule has 0 radical (unpaired) electrons. The van der Waals surface area contributed by atoms with E-state index < -0.39 is 17.6 Å². The Balaban J connectivity index is 1.97. The minimum absolute atomic E-state index is 0.186. The zero-order valence-corrected chi connectivity index (χ0v) is 13.1. The smallest absolute Gasteiger partial charge is 0.378 e. The second-order valence-electron chi connectivity index (χ2n) is 5.76. The summed E-state index contributed by atoms with van der Waals surface area (Å²) in [7, 11) is 3.85. The largest absolute Gasteiger partial charge is 0.416 e. The number of nitrogens with one attached hydrogen (secondary N) is 1. The molecule has 124 valence electrons. The van der Waals surface area contributed by atoms with Crippen molar-refractivity contribution in [2.45, 2.75) is 6.18 Å². The molecule has 0 spiro atoms. The van der Waals surface area contributed by atoms with Gasteiger partial charge in [0.05, 0.1) is 5.56 Å². The lowest BCUT2D eigenvalue weighted by atomic mass is 10.0. The molecule has 0 atom stereocenters. The Hall–Kier alpha value is -2.76. The summed E-state index contributed by atoms with van der Waals surface area (Å²) in [4.78, 5) is 14.1. The molecule has 1 aliphatic heterocycles. The van der Waals surface area contributed by atoms with Gasteiger partial charge in [-0.2, -0.15) is 13.2 Å². The first-order chi connectivity index (χ1) is 11.3. The molecule has 2 aromatic rings. The van der Waals surface area contributed by atoms with Crippen LogP contribution in [0.2, 0.25) is 0 Å². The number of carbonyl (C=O) groups excluding carboxylic acids is 1. The number of rotatable bonds is 2. The van der Waals surface area contributed by atoms with Gasteiger partial charge in [0, 0.05) is 36.6 Å². The maximum Gasteiger partial charge on any atom is 0.416 e. The Labute approximate surface area is 137 Å². The number of benzene rings is 2. The third-order valence-electron chi connectivity index (χ3n) is 3.85. The van der Waals surface area contributed by atoms with Gasteiger partial charge in [0.15, 0.2) is 0 Å². The van der Waals surface area contributed by atoms with Crippen LogP contribution in [0.1, 0.15) is 16.7 Å². The van der Waals surface area contributed by atoms with Crippen molar-refractivity contribution < 1.29 is 18.0 Å². The third-order valence-corrected chi connectivity index (χ3v) is 3.85. The molecule has 0 bridgehead atoms. The first-order valence-corrected chi connectivity index (χ1v) is 7.28. The van der Waals surface area contributed by atoms with E-state index >= 15 is 0 Å². The van der Waals surface area contributed by atoms with Gasteiger partial charge in [-0.1, -0.05) is 18.2 Å². The van der Waals surface area contributed by atoms with E-state index in [0.29, 0.717) is 11.1 Å². The molecule has 1 heterocycles. The summed E-state index contributed by atoms with van der Waals surface area (Å²) in [6.45, 7) is 0. The molecule has 2 aromatic carbocycles. The van der Waals surface area contributed by atoms with Crippen LogP contribution in [0, 0.1) is 0 Å². The maximum atomic E-state index is 12.8. The van der Waals surface area contributed by atoms with Crippen molar-refractivity contribution in [2.75, 3.05) is 24.3 Å². The number of amides is 1. The van der Waals surface area contributed by atoms with E-state index in [4.69, 9.17) is 0 Å². The van der Waals surface area contributed by atoms with Crippen molar-refractivity contribution >= 4 is 28.9 Å². The molecule has 0 saturated carbocycles. The van der Waals surface area contributed by atoms with Crippen molar-refractivity contribution in [3.8, 4) is 0 Å². The molecule has 24 heavy (non-hydrogen) atoms. The van der Waals surface area contributed by atoms with Gasteiger partial charge in [-0.3, -0.25) is 4.79 Å². The molecular weight excluding hydrogens is 317 g/mol. The van der Waals surface area contributed by atoms with Crippen molar-refractivity contribution in [3.63, 3.8) is 0 Å². The highest BCUT2D eigenvalue weighted by molar-refractivity contribution is 6.34. The topological polar surface area (TPSA) is 32.3 Å². The standard InChI is InChI=1S/C18H15F3N2O/c1-23(2)13-6-3-11(4-7-13)9-15-14-8-5-12(18(19,20)21)10-16(14)22-17(15)24/h3-10H,1-2H3,(H,22,24)/b15-9+. The van der Waals surface area contributed by atoms with Crippen molar-refractivity contribution in [1.82, 2.24) is 0 Å². The molecule has 0 aliphatic carbocycles. The van der Waals surface area contributed by atoms with E-state index in [2.05, 4.69) is 5.32 Å². The van der Waals surface area contributed by atoms with E-state index in [1.54, 1.807) is 6.08 Å². The number of fused-ring (bicyclic) bond motifs is 1. The van der Waals surface area contributed by atoms with E-state index in [1.807, 2.05) is 43.3 Å². The summed E-state index contributed by atoms with van der Waals surface area (Å²) in [5.74, 6) is -0.402. The van der Waals surface area contributed by atoms with Crippen LogP contribution in [0.4, 0.5) is 24.5 Å². The zero-order valence-electron chi connectivity index (χ0n) is 13.1. The lowest BCUT2D eigenvalue weighted by Gasteiger charge is -2.12. The number of hydrogen-bond acceptors (Lipinski definition) is 2. The quantitative estimate of drug-likeness (QED) is 0.833. The predicted octanol–water partition coefficient (Wildman–Crippen LogP) is 4.26. The van der Waals surface area contributed by atoms with Crippen LogP contribution < -0.4 is 10.2 Å². The van der Waals surface area contributed by atoms with Crippen LogP contribution in [-0.2, 0) is 11.0 Å². The van der Waals surface area contributed by atoms with Crippen molar-refractivity contribution in [1.29, 1.82) is 0 Å². The maximum absolute atomic E-state index is 12.8. The van der Waals surface area contributed by atoms with E-state index in [1.165, 1.54) is 6.07 Å². The number of hydrogen-bond donors (Lipinski definition) is 1. The molecular formula is C18H15F3N2O. The molecule has 0 aromatic heterocycles. The number of carbonyl (C=O) groups is 1. The van der Waals surface area contributed by atoms with Gasteiger partial charge in [-0.25, -0.2) is 0 Å². The van der Waals surface area contributed by atoms with E-state index in [-0.39, 0.29) is 5.69 Å².